The van der Waals surface area contributed by atoms with Gasteiger partial charge in [0.05, 0.1) is 6.10 Å². The molecule has 68 valence electrons. The molecule has 12 heavy (non-hydrogen) atoms. The molecule has 1 fully saturated rings. The van der Waals surface area contributed by atoms with Gasteiger partial charge < -0.3 is 10.8 Å². The molecular weight excluding hydrogens is 150 g/mol. The van der Waals surface area contributed by atoms with Crippen LogP contribution in [0.3, 0.4) is 0 Å². The van der Waals surface area contributed by atoms with Gasteiger partial charge in [-0.2, -0.15) is 0 Å². The Labute approximate surface area is 73.5 Å². The molecule has 0 spiro atoms. The van der Waals surface area contributed by atoms with Crippen LogP contribution in [0.2, 0.25) is 0 Å². The molecule has 3 N–H and O–H groups in total. The van der Waals surface area contributed by atoms with Crippen molar-refractivity contribution >= 4 is 0 Å². The Morgan fingerprint density at radius 1 is 1.42 bits per heavy atom. The molecule has 0 aromatic heterocycles. The van der Waals surface area contributed by atoms with Crippen molar-refractivity contribution in [2.24, 2.45) is 23.5 Å². The summed E-state index contributed by atoms with van der Waals surface area (Å²) in [6, 6.07) is 0. The molecule has 1 saturated carbocycles. The van der Waals surface area contributed by atoms with Crippen LogP contribution in [-0.2, 0) is 0 Å². The van der Waals surface area contributed by atoms with Gasteiger partial charge in [0.1, 0.15) is 0 Å². The number of fused-ring (bicyclic) bond motifs is 2. The van der Waals surface area contributed by atoms with Gasteiger partial charge in [0.15, 0.2) is 0 Å². The molecule has 0 radical (unpaired) electrons. The standard InChI is InChI=1S/C10H17NO/c11-4-3-10(12)9-6-7-1-2-8(9)5-7/h1-2,7-10,12H,3-6,11H2/t7?,8?,9?,10-/m1/s1. The summed E-state index contributed by atoms with van der Waals surface area (Å²) in [6.07, 6.45) is 7.64. The topological polar surface area (TPSA) is 46.2 Å². The Balaban J connectivity index is 1.93. The van der Waals surface area contributed by atoms with Gasteiger partial charge >= 0.3 is 0 Å². The Hall–Kier alpha value is -0.340. The van der Waals surface area contributed by atoms with E-state index in [-0.39, 0.29) is 6.10 Å². The molecule has 2 aliphatic rings. The molecule has 0 amide bonds. The Bertz CT molecular complexity index is 190. The number of hydrogen-bond acceptors (Lipinski definition) is 2. The van der Waals surface area contributed by atoms with Gasteiger partial charge in [0.25, 0.3) is 0 Å². The maximum Gasteiger partial charge on any atom is 0.0586 e. The third kappa shape index (κ3) is 1.29. The monoisotopic (exact) mass is 167 g/mol. The van der Waals surface area contributed by atoms with Crippen molar-refractivity contribution in [3.63, 3.8) is 0 Å². The average molecular weight is 167 g/mol. The van der Waals surface area contributed by atoms with Crippen molar-refractivity contribution in [2.75, 3.05) is 6.54 Å². The van der Waals surface area contributed by atoms with E-state index in [4.69, 9.17) is 5.73 Å². The molecule has 0 aliphatic heterocycles. The van der Waals surface area contributed by atoms with Gasteiger partial charge in [0.2, 0.25) is 0 Å². The van der Waals surface area contributed by atoms with Crippen LogP contribution >= 0.6 is 0 Å². The van der Waals surface area contributed by atoms with E-state index in [1.165, 1.54) is 12.8 Å². The van der Waals surface area contributed by atoms with Crippen LogP contribution in [0.4, 0.5) is 0 Å². The fraction of sp³-hybridized carbons (Fsp3) is 0.800. The van der Waals surface area contributed by atoms with E-state index in [1.54, 1.807) is 0 Å². The summed E-state index contributed by atoms with van der Waals surface area (Å²) in [5.74, 6) is 1.91. The predicted molar refractivity (Wildman–Crippen MR) is 48.5 cm³/mol. The van der Waals surface area contributed by atoms with Crippen molar-refractivity contribution < 1.29 is 5.11 Å². The Kier molecular flexibility index (Phi) is 2.20. The summed E-state index contributed by atoms with van der Waals surface area (Å²) in [4.78, 5) is 0. The van der Waals surface area contributed by atoms with Crippen molar-refractivity contribution in [1.29, 1.82) is 0 Å². The first-order valence-corrected chi connectivity index (χ1v) is 4.87. The van der Waals surface area contributed by atoms with Crippen LogP contribution in [0.25, 0.3) is 0 Å². The lowest BCUT2D eigenvalue weighted by atomic mass is 9.87. The van der Waals surface area contributed by atoms with Crippen LogP contribution in [0.1, 0.15) is 19.3 Å². The number of aliphatic hydroxyl groups excluding tert-OH is 1. The number of aliphatic hydroxyl groups is 1. The SMILES string of the molecule is NCC[C@@H](O)C1CC2C=CC1C2. The maximum atomic E-state index is 9.76. The Morgan fingerprint density at radius 2 is 2.25 bits per heavy atom. The highest BCUT2D eigenvalue weighted by Gasteiger charge is 2.38. The second-order valence-corrected chi connectivity index (χ2v) is 4.09. The minimum atomic E-state index is -0.157. The molecule has 0 aromatic rings. The summed E-state index contributed by atoms with van der Waals surface area (Å²) >= 11 is 0. The number of rotatable bonds is 3. The van der Waals surface area contributed by atoms with Crippen LogP contribution in [-0.4, -0.2) is 17.8 Å². The van der Waals surface area contributed by atoms with Gasteiger partial charge in [-0.3, -0.25) is 0 Å². The van der Waals surface area contributed by atoms with Gasteiger partial charge in [0, 0.05) is 0 Å². The first kappa shape index (κ1) is 8.27. The summed E-state index contributed by atoms with van der Waals surface area (Å²) in [5.41, 5.74) is 5.42. The van der Waals surface area contributed by atoms with E-state index >= 15 is 0 Å². The lowest BCUT2D eigenvalue weighted by molar-refractivity contribution is 0.0875. The van der Waals surface area contributed by atoms with Crippen molar-refractivity contribution in [3.05, 3.63) is 12.2 Å². The van der Waals surface area contributed by atoms with E-state index in [1.807, 2.05) is 0 Å². The molecule has 2 nitrogen and oxygen atoms in total. The molecule has 2 aliphatic carbocycles. The molecule has 4 atom stereocenters. The van der Waals surface area contributed by atoms with Crippen LogP contribution < -0.4 is 5.73 Å². The highest BCUT2D eigenvalue weighted by Crippen LogP contribution is 2.45. The zero-order valence-corrected chi connectivity index (χ0v) is 7.32. The van der Waals surface area contributed by atoms with Crippen LogP contribution in [0.5, 0.6) is 0 Å². The van der Waals surface area contributed by atoms with Gasteiger partial charge in [-0.1, -0.05) is 12.2 Å². The lowest BCUT2D eigenvalue weighted by Crippen LogP contribution is -2.26. The fourth-order valence-corrected chi connectivity index (χ4v) is 2.65. The third-order valence-corrected chi connectivity index (χ3v) is 3.29. The lowest BCUT2D eigenvalue weighted by Gasteiger charge is -2.23. The molecular formula is C10H17NO. The zero-order chi connectivity index (χ0) is 8.55. The molecule has 2 bridgehead atoms. The second kappa shape index (κ2) is 3.19. The van der Waals surface area contributed by atoms with Crippen LogP contribution in [0, 0.1) is 17.8 Å². The first-order chi connectivity index (χ1) is 5.81. The summed E-state index contributed by atoms with van der Waals surface area (Å²) < 4.78 is 0. The van der Waals surface area contributed by atoms with E-state index in [2.05, 4.69) is 12.2 Å². The smallest absolute Gasteiger partial charge is 0.0586 e. The van der Waals surface area contributed by atoms with E-state index in [0.717, 1.165) is 12.3 Å². The molecule has 0 aromatic carbocycles. The summed E-state index contributed by atoms with van der Waals surface area (Å²) in [5, 5.41) is 9.76. The third-order valence-electron chi connectivity index (χ3n) is 3.29. The molecule has 2 rings (SSSR count). The van der Waals surface area contributed by atoms with Crippen molar-refractivity contribution in [2.45, 2.75) is 25.4 Å². The van der Waals surface area contributed by atoms with Gasteiger partial charge in [-0.05, 0) is 43.6 Å². The summed E-state index contributed by atoms with van der Waals surface area (Å²) in [7, 11) is 0. The molecule has 3 unspecified atom stereocenters. The normalized spacial score (nSPS) is 40.7. The van der Waals surface area contributed by atoms with E-state index in [0.29, 0.717) is 18.4 Å². The van der Waals surface area contributed by atoms with Crippen molar-refractivity contribution in [3.8, 4) is 0 Å². The fourth-order valence-electron chi connectivity index (χ4n) is 2.65. The van der Waals surface area contributed by atoms with E-state index < -0.39 is 0 Å². The average Bonchev–Trinajstić information content (AvgIpc) is 2.64. The summed E-state index contributed by atoms with van der Waals surface area (Å²) in [6.45, 7) is 0.610. The van der Waals surface area contributed by atoms with Crippen LogP contribution in [0.15, 0.2) is 12.2 Å². The number of nitrogens with two attached hydrogens (primary N) is 1. The molecule has 0 heterocycles. The largest absolute Gasteiger partial charge is 0.393 e. The number of hydrogen-bond donors (Lipinski definition) is 2. The highest BCUT2D eigenvalue weighted by atomic mass is 16.3. The molecule has 0 saturated heterocycles. The highest BCUT2D eigenvalue weighted by molar-refractivity contribution is 5.11. The van der Waals surface area contributed by atoms with E-state index in [9.17, 15) is 5.11 Å². The maximum absolute atomic E-state index is 9.76. The minimum Gasteiger partial charge on any atom is -0.393 e. The second-order valence-electron chi connectivity index (χ2n) is 4.09. The van der Waals surface area contributed by atoms with Gasteiger partial charge in [-0.25, -0.2) is 0 Å². The number of allylic oxidation sites excluding steroid dienone is 2. The van der Waals surface area contributed by atoms with Crippen molar-refractivity contribution in [1.82, 2.24) is 0 Å². The minimum absolute atomic E-state index is 0.157. The molecule has 2 heteroatoms. The van der Waals surface area contributed by atoms with Gasteiger partial charge in [-0.15, -0.1) is 0 Å². The Morgan fingerprint density at radius 3 is 2.75 bits per heavy atom. The predicted octanol–water partition coefficient (Wildman–Crippen LogP) is 0.908. The first-order valence-electron chi connectivity index (χ1n) is 4.87. The zero-order valence-electron chi connectivity index (χ0n) is 7.32. The quantitative estimate of drug-likeness (QED) is 0.614.